The number of alkyl halides is 3. The van der Waals surface area contributed by atoms with Crippen molar-refractivity contribution in [2.24, 2.45) is 0 Å². The summed E-state index contributed by atoms with van der Waals surface area (Å²) in [5.41, 5.74) is -0.684. The molecule has 1 fully saturated rings. The number of sulfonamides is 1. The molecule has 36 heavy (non-hydrogen) atoms. The second kappa shape index (κ2) is 8.67. The van der Waals surface area contributed by atoms with Crippen LogP contribution in [0.3, 0.4) is 0 Å². The molecule has 2 aromatic carbocycles. The number of hydrogen-bond acceptors (Lipinski definition) is 4. The smallest absolute Gasteiger partial charge is 0.431 e. The van der Waals surface area contributed by atoms with E-state index in [0.717, 1.165) is 6.07 Å². The van der Waals surface area contributed by atoms with E-state index < -0.39 is 27.5 Å². The molecule has 2 aliphatic rings. The maximum atomic E-state index is 13.8. The molecule has 11 heteroatoms. The molecule has 2 aliphatic heterocycles. The molecule has 7 nitrogen and oxygen atoms in total. The maximum Gasteiger partial charge on any atom is 0.431 e. The van der Waals surface area contributed by atoms with E-state index in [1.54, 1.807) is 36.1 Å². The van der Waals surface area contributed by atoms with Crippen LogP contribution in [0.4, 0.5) is 13.2 Å². The first-order valence-electron chi connectivity index (χ1n) is 11.5. The topological polar surface area (TPSA) is 80.6 Å². The molecule has 0 aliphatic carbocycles. The van der Waals surface area contributed by atoms with Gasteiger partial charge in [0, 0.05) is 39.5 Å². The van der Waals surface area contributed by atoms with Gasteiger partial charge < -0.3 is 14.2 Å². The minimum absolute atomic E-state index is 0. The van der Waals surface area contributed by atoms with Crippen LogP contribution in [0, 0.1) is 0 Å². The Morgan fingerprint density at radius 1 is 1.06 bits per heavy atom. The predicted octanol–water partition coefficient (Wildman–Crippen LogP) is 4.56. The average molecular weight is 522 g/mol. The third kappa shape index (κ3) is 4.05. The molecule has 192 valence electrons. The van der Waals surface area contributed by atoms with Crippen LogP contribution in [0.2, 0.25) is 0 Å². The summed E-state index contributed by atoms with van der Waals surface area (Å²) in [5, 5.41) is 0. The normalized spacial score (nSPS) is 16.8. The first kappa shape index (κ1) is 24.4. The van der Waals surface area contributed by atoms with Crippen LogP contribution >= 0.6 is 0 Å². The minimum atomic E-state index is -4.53. The number of aromatic nitrogens is 1. The van der Waals surface area contributed by atoms with Crippen molar-refractivity contribution in [1.82, 2.24) is 14.2 Å². The average Bonchev–Trinajstić information content (AvgIpc) is 3.32. The van der Waals surface area contributed by atoms with Crippen LogP contribution in [0.25, 0.3) is 5.69 Å². The third-order valence-electron chi connectivity index (χ3n) is 6.65. The number of hydrogen-bond donors (Lipinski definition) is 1. The number of nitrogens with zero attached hydrogens (tertiary/aromatic N) is 2. The zero-order chi connectivity index (χ0) is 25.7. The Balaban J connectivity index is 0.00000320. The highest BCUT2D eigenvalue weighted by Gasteiger charge is 2.48. The minimum Gasteiger partial charge on any atom is -0.479 e. The van der Waals surface area contributed by atoms with Gasteiger partial charge >= 0.3 is 6.18 Å². The summed E-state index contributed by atoms with van der Waals surface area (Å²) in [6, 6.07) is 14.8. The van der Waals surface area contributed by atoms with Crippen LogP contribution in [0.5, 0.6) is 5.75 Å². The number of benzene rings is 2. The Morgan fingerprint density at radius 3 is 2.36 bits per heavy atom. The maximum absolute atomic E-state index is 13.8. The predicted molar refractivity (Wildman–Crippen MR) is 128 cm³/mol. The van der Waals surface area contributed by atoms with Gasteiger partial charge in [-0.05, 0) is 48.5 Å². The molecular formula is C25H26F3N3O4S. The van der Waals surface area contributed by atoms with E-state index >= 15 is 0 Å². The van der Waals surface area contributed by atoms with Gasteiger partial charge in [-0.1, -0.05) is 19.1 Å². The SMILES string of the molecule is CCNS(=O)(=O)c1ccc(C(=O)N2CCC3(CC2)Oc2ccccc2-n2c(C(F)(F)F)ccc23)cc1.[HH]. The van der Waals surface area contributed by atoms with Crippen LogP contribution in [0.15, 0.2) is 65.6 Å². The zero-order valence-electron chi connectivity index (χ0n) is 19.4. The number of nitrogens with one attached hydrogen (secondary N) is 1. The second-order valence-corrected chi connectivity index (χ2v) is 10.6. The van der Waals surface area contributed by atoms with Gasteiger partial charge in [0.15, 0.2) is 5.60 Å². The Bertz CT molecular complexity index is 1410. The van der Waals surface area contributed by atoms with E-state index in [1.165, 1.54) is 34.9 Å². The van der Waals surface area contributed by atoms with E-state index in [4.69, 9.17) is 4.74 Å². The summed E-state index contributed by atoms with van der Waals surface area (Å²) in [5.74, 6) is 0.0868. The molecule has 0 radical (unpaired) electrons. The molecule has 0 atom stereocenters. The van der Waals surface area contributed by atoms with Gasteiger partial charge in [0.05, 0.1) is 16.3 Å². The van der Waals surface area contributed by atoms with Crippen LogP contribution in [0.1, 0.15) is 42.9 Å². The van der Waals surface area contributed by atoms with Gasteiger partial charge in [-0.15, -0.1) is 0 Å². The van der Waals surface area contributed by atoms with Gasteiger partial charge in [0.2, 0.25) is 10.0 Å². The van der Waals surface area contributed by atoms with Crippen LogP contribution in [-0.2, 0) is 21.8 Å². The van der Waals surface area contributed by atoms with Crippen molar-refractivity contribution >= 4 is 15.9 Å². The lowest BCUT2D eigenvalue weighted by atomic mass is 9.86. The molecule has 3 heterocycles. The number of fused-ring (bicyclic) bond motifs is 4. The number of likely N-dealkylation sites (tertiary alicyclic amines) is 1. The lowest BCUT2D eigenvalue weighted by Crippen LogP contribution is -2.50. The van der Waals surface area contributed by atoms with Crippen LogP contribution in [-0.4, -0.2) is 43.4 Å². The van der Waals surface area contributed by atoms with Gasteiger partial charge in [-0.3, -0.25) is 4.79 Å². The van der Waals surface area contributed by atoms with E-state index in [2.05, 4.69) is 4.72 Å². The molecule has 3 aromatic rings. The fraction of sp³-hybridized carbons (Fsp3) is 0.320. The molecule has 1 amide bonds. The number of ether oxygens (including phenoxy) is 1. The van der Waals surface area contributed by atoms with Crippen molar-refractivity contribution in [1.29, 1.82) is 0 Å². The van der Waals surface area contributed by atoms with Crippen molar-refractivity contribution < 1.29 is 32.5 Å². The van der Waals surface area contributed by atoms with E-state index in [1.807, 2.05) is 0 Å². The Hall–Kier alpha value is -3.31. The highest BCUT2D eigenvalue weighted by atomic mass is 32.2. The van der Waals surface area contributed by atoms with E-state index in [-0.39, 0.29) is 31.9 Å². The van der Waals surface area contributed by atoms with Gasteiger partial charge in [-0.2, -0.15) is 13.2 Å². The molecule has 1 N–H and O–H groups in total. The summed E-state index contributed by atoms with van der Waals surface area (Å²) >= 11 is 0. The Kier molecular flexibility index (Phi) is 5.87. The van der Waals surface area contributed by atoms with Crippen molar-refractivity contribution in [3.8, 4) is 11.4 Å². The lowest BCUT2D eigenvalue weighted by molar-refractivity contribution is -0.143. The zero-order valence-corrected chi connectivity index (χ0v) is 20.2. The standard InChI is InChI=1S/C25H24F3N3O4S.H2/c1-2-29-36(33,34)18-9-7-17(8-10-18)23(32)30-15-13-24(14-16-30)21-11-12-22(25(26,27)28)31(21)19-5-3-4-6-20(19)35-24;/h3-12,29H,2,13-16H2,1H3;1H. The molecule has 0 bridgehead atoms. The summed E-state index contributed by atoms with van der Waals surface area (Å²) in [4.78, 5) is 14.8. The molecular weight excluding hydrogens is 495 g/mol. The highest BCUT2D eigenvalue weighted by Crippen LogP contribution is 2.48. The molecule has 5 rings (SSSR count). The van der Waals surface area contributed by atoms with E-state index in [0.29, 0.717) is 35.5 Å². The molecule has 1 aromatic heterocycles. The number of piperidine rings is 1. The van der Waals surface area contributed by atoms with Gasteiger partial charge in [0.25, 0.3) is 5.91 Å². The highest BCUT2D eigenvalue weighted by molar-refractivity contribution is 7.89. The number of rotatable bonds is 4. The van der Waals surface area contributed by atoms with Gasteiger partial charge in [0.1, 0.15) is 11.4 Å². The fourth-order valence-electron chi connectivity index (χ4n) is 4.93. The quantitative estimate of drug-likeness (QED) is 0.546. The second-order valence-electron chi connectivity index (χ2n) is 8.82. The molecule has 0 unspecified atom stereocenters. The summed E-state index contributed by atoms with van der Waals surface area (Å²) in [6.45, 7) is 2.46. The van der Waals surface area contributed by atoms with Crippen molar-refractivity contribution in [3.05, 3.63) is 77.6 Å². The van der Waals surface area contributed by atoms with Crippen molar-refractivity contribution in [2.75, 3.05) is 19.6 Å². The number of carbonyl (C=O) groups excluding carboxylic acids is 1. The summed E-state index contributed by atoms with van der Waals surface area (Å²) in [6.07, 6.45) is -3.92. The molecule has 1 saturated heterocycles. The molecule has 1 spiro atoms. The number of amides is 1. The van der Waals surface area contributed by atoms with Crippen molar-refractivity contribution in [2.45, 2.75) is 36.4 Å². The van der Waals surface area contributed by atoms with Crippen molar-refractivity contribution in [3.63, 3.8) is 0 Å². The number of halogens is 3. The van der Waals surface area contributed by atoms with Crippen LogP contribution < -0.4 is 9.46 Å². The first-order valence-corrected chi connectivity index (χ1v) is 13.0. The number of para-hydroxylation sites is 2. The fourth-order valence-corrected chi connectivity index (χ4v) is 5.97. The largest absolute Gasteiger partial charge is 0.479 e. The Labute approximate surface area is 208 Å². The summed E-state index contributed by atoms with van der Waals surface area (Å²) < 4.78 is 75.6. The monoisotopic (exact) mass is 521 g/mol. The third-order valence-corrected chi connectivity index (χ3v) is 8.22. The number of carbonyl (C=O) groups is 1. The van der Waals surface area contributed by atoms with Gasteiger partial charge in [-0.25, -0.2) is 13.1 Å². The lowest BCUT2D eigenvalue weighted by Gasteiger charge is -2.45. The van der Waals surface area contributed by atoms with E-state index in [9.17, 15) is 26.4 Å². The first-order chi connectivity index (χ1) is 17.1. The summed E-state index contributed by atoms with van der Waals surface area (Å²) in [7, 11) is -3.63. The molecule has 0 saturated carbocycles. The Morgan fingerprint density at radius 2 is 1.72 bits per heavy atom.